The Balaban J connectivity index is 1.12. The van der Waals surface area contributed by atoms with E-state index in [1.807, 2.05) is 74.5 Å². The number of rotatable bonds is 21. The Labute approximate surface area is 350 Å². The smallest absolute Gasteiger partial charge is 0.324 e. The number of benzene rings is 4. The molecule has 6 aromatic rings. The quantitative estimate of drug-likeness (QED) is 0.0465. The van der Waals surface area contributed by atoms with Crippen LogP contribution in [-0.4, -0.2) is 93.0 Å². The normalized spacial score (nSPS) is 11.4. The molecule has 0 radical (unpaired) electrons. The summed E-state index contributed by atoms with van der Waals surface area (Å²) in [5, 5.41) is 15.5. The predicted octanol–water partition coefficient (Wildman–Crippen LogP) is 9.31. The van der Waals surface area contributed by atoms with Crippen LogP contribution in [-0.2, 0) is 24.9 Å². The number of ether oxygens (including phenoxy) is 6. The molecule has 0 aliphatic heterocycles. The molecule has 16 heteroatoms. The molecule has 2 aromatic heterocycles. The Morgan fingerprint density at radius 1 is 0.800 bits per heavy atom. The lowest BCUT2D eigenvalue weighted by Gasteiger charge is -2.15. The maximum atomic E-state index is 13.6. The Kier molecular flexibility index (Phi) is 15.1. The molecule has 0 spiro atoms. The molecule has 0 aliphatic carbocycles. The van der Waals surface area contributed by atoms with Gasteiger partial charge >= 0.3 is 6.03 Å². The lowest BCUT2D eigenvalue weighted by molar-refractivity contribution is 0.0179. The summed E-state index contributed by atoms with van der Waals surface area (Å²) < 4.78 is 48.0. The molecule has 6 rings (SSSR count). The molecule has 15 nitrogen and oxygen atoms in total. The van der Waals surface area contributed by atoms with Crippen LogP contribution in [0.2, 0.25) is 0 Å². The highest BCUT2D eigenvalue weighted by Crippen LogP contribution is 2.41. The van der Waals surface area contributed by atoms with E-state index >= 15 is 0 Å². The van der Waals surface area contributed by atoms with Gasteiger partial charge in [-0.05, 0) is 49.1 Å². The summed E-state index contributed by atoms with van der Waals surface area (Å²) in [6, 6.07) is 27.4. The van der Waals surface area contributed by atoms with E-state index in [-0.39, 0.29) is 5.92 Å². The van der Waals surface area contributed by atoms with Crippen molar-refractivity contribution in [3.8, 4) is 28.8 Å². The van der Waals surface area contributed by atoms with Crippen LogP contribution in [0.5, 0.6) is 23.1 Å². The van der Waals surface area contributed by atoms with Gasteiger partial charge in [-0.3, -0.25) is 5.32 Å². The zero-order chi connectivity index (χ0) is 42.5. The van der Waals surface area contributed by atoms with Crippen LogP contribution < -0.4 is 30.2 Å². The van der Waals surface area contributed by atoms with Crippen molar-refractivity contribution < 1.29 is 37.8 Å². The first-order valence-electron chi connectivity index (χ1n) is 19.5. The lowest BCUT2D eigenvalue weighted by atomic mass is 10.1. The first-order chi connectivity index (χ1) is 29.0. The number of methoxy groups -OCH3 is 2. The van der Waals surface area contributed by atoms with Gasteiger partial charge in [-0.1, -0.05) is 50.2 Å². The molecule has 0 fully saturated rings. The van der Waals surface area contributed by atoms with Crippen molar-refractivity contribution in [3.05, 3.63) is 108 Å². The van der Waals surface area contributed by atoms with E-state index in [9.17, 15) is 9.36 Å². The molecule has 4 aromatic carbocycles. The van der Waals surface area contributed by atoms with Crippen LogP contribution in [0.1, 0.15) is 31.0 Å². The molecule has 2 heterocycles. The number of hydrogen-bond acceptors (Lipinski definition) is 12. The predicted molar refractivity (Wildman–Crippen MR) is 235 cm³/mol. The molecule has 316 valence electrons. The molecule has 60 heavy (non-hydrogen) atoms. The van der Waals surface area contributed by atoms with Gasteiger partial charge < -0.3 is 43.6 Å². The van der Waals surface area contributed by atoms with E-state index in [1.54, 1.807) is 68.8 Å². The molecular formula is C44H52N7O8P. The summed E-state index contributed by atoms with van der Waals surface area (Å²) in [5.74, 6) is 2.92. The first-order valence-corrected chi connectivity index (χ1v) is 22.3. The number of hydrogen-bond donors (Lipinski definition) is 3. The topological polar surface area (TPSA) is 169 Å². The molecule has 0 bridgehead atoms. The second-order valence-electron chi connectivity index (χ2n) is 14.6. The summed E-state index contributed by atoms with van der Waals surface area (Å²) >= 11 is 0. The van der Waals surface area contributed by atoms with E-state index in [1.165, 1.54) is 0 Å². The average Bonchev–Trinajstić information content (AvgIpc) is 3.64. The van der Waals surface area contributed by atoms with E-state index in [0.717, 1.165) is 27.7 Å². The fraction of sp³-hybridized carbons (Fsp3) is 0.318. The SMILES string of the molecule is COCCOCCOCCOc1cc(Nc2nccc(Oc3ccc(NC(=O)Nc4cc(C(C)C)nn4-c4cccc(CP(C)(C)=O)c4)c4ccccc34)n2)cc(OC)c1. The van der Waals surface area contributed by atoms with Gasteiger partial charge in [0.15, 0.2) is 0 Å². The molecule has 0 unspecified atom stereocenters. The minimum absolute atomic E-state index is 0.122. The molecule has 3 N–H and O–H groups in total. The van der Waals surface area contributed by atoms with Crippen molar-refractivity contribution in [2.75, 3.05) is 83.1 Å². The van der Waals surface area contributed by atoms with Gasteiger partial charge in [-0.25, -0.2) is 14.5 Å². The second-order valence-corrected chi connectivity index (χ2v) is 18.0. The monoisotopic (exact) mass is 837 g/mol. The van der Waals surface area contributed by atoms with Crippen LogP contribution in [0.15, 0.2) is 97.2 Å². The number of nitrogens with one attached hydrogen (secondary N) is 3. The van der Waals surface area contributed by atoms with Crippen LogP contribution in [0, 0.1) is 0 Å². The van der Waals surface area contributed by atoms with Crippen LogP contribution in [0.4, 0.5) is 27.9 Å². The average molecular weight is 838 g/mol. The molecule has 0 atom stereocenters. The van der Waals surface area contributed by atoms with Crippen molar-refractivity contribution in [2.45, 2.75) is 25.9 Å². The lowest BCUT2D eigenvalue weighted by Crippen LogP contribution is -2.21. The third-order valence-electron chi connectivity index (χ3n) is 8.93. The Hall–Kier alpha value is -5.99. The number of amides is 2. The fourth-order valence-corrected chi connectivity index (χ4v) is 7.24. The molecule has 0 saturated carbocycles. The van der Waals surface area contributed by atoms with Gasteiger partial charge in [-0.2, -0.15) is 10.1 Å². The molecular weight excluding hydrogens is 785 g/mol. The standard InChI is InChI=1S/C44H52N7O8P/c1-30(2)39-28-41(51(50-39)33-11-9-10-31(24-33)29-60(5,6)53)48-44(52)47-38-14-15-40(37-13-8-7-12-36(37)38)59-42-16-17-45-43(49-42)46-32-25-34(55-4)27-35(26-32)58-23-22-57-21-20-56-19-18-54-3/h7-17,24-28,30H,18-23,29H2,1-6H3,(H,45,46,49)(H2,47,48,52). The van der Waals surface area contributed by atoms with Gasteiger partial charge in [-0.15, -0.1) is 0 Å². The minimum Gasteiger partial charge on any atom is -0.497 e. The van der Waals surface area contributed by atoms with Crippen LogP contribution in [0.25, 0.3) is 16.5 Å². The van der Waals surface area contributed by atoms with Gasteiger partial charge in [0, 0.05) is 66.3 Å². The van der Waals surface area contributed by atoms with Gasteiger partial charge in [0.2, 0.25) is 11.8 Å². The summed E-state index contributed by atoms with van der Waals surface area (Å²) in [6.07, 6.45) is 2.06. The zero-order valence-electron chi connectivity index (χ0n) is 34.8. The first kappa shape index (κ1) is 43.6. The highest BCUT2D eigenvalue weighted by molar-refractivity contribution is 7.61. The third kappa shape index (κ3) is 12.5. The number of carbonyl (C=O) groups is 1. The number of urea groups is 1. The van der Waals surface area contributed by atoms with Gasteiger partial charge in [0.05, 0.1) is 64.4 Å². The van der Waals surface area contributed by atoms with Gasteiger partial charge in [0.25, 0.3) is 0 Å². The Morgan fingerprint density at radius 3 is 2.30 bits per heavy atom. The fourth-order valence-electron chi connectivity index (χ4n) is 6.16. The number of aromatic nitrogens is 4. The van der Waals surface area contributed by atoms with E-state index in [4.69, 9.17) is 33.5 Å². The summed E-state index contributed by atoms with van der Waals surface area (Å²) in [4.78, 5) is 22.6. The number of anilines is 4. The maximum absolute atomic E-state index is 13.6. The maximum Gasteiger partial charge on any atom is 0.324 e. The van der Waals surface area contributed by atoms with Crippen molar-refractivity contribution in [3.63, 3.8) is 0 Å². The van der Waals surface area contributed by atoms with Crippen molar-refractivity contribution >= 4 is 47.1 Å². The molecule has 2 amide bonds. The van der Waals surface area contributed by atoms with E-state index < -0.39 is 13.2 Å². The second kappa shape index (κ2) is 20.8. The Bertz CT molecular complexity index is 2420. The highest BCUT2D eigenvalue weighted by Gasteiger charge is 2.18. The van der Waals surface area contributed by atoms with E-state index in [0.29, 0.717) is 92.1 Å². The van der Waals surface area contributed by atoms with Crippen molar-refractivity contribution in [2.24, 2.45) is 0 Å². The van der Waals surface area contributed by atoms with Crippen LogP contribution >= 0.6 is 7.14 Å². The van der Waals surface area contributed by atoms with Crippen molar-refractivity contribution in [1.29, 1.82) is 0 Å². The minimum atomic E-state index is -2.30. The molecule has 0 aliphatic rings. The molecule has 0 saturated heterocycles. The highest BCUT2D eigenvalue weighted by atomic mass is 31.2. The van der Waals surface area contributed by atoms with Crippen LogP contribution in [0.3, 0.4) is 0 Å². The largest absolute Gasteiger partial charge is 0.497 e. The van der Waals surface area contributed by atoms with Crippen molar-refractivity contribution in [1.82, 2.24) is 19.7 Å². The zero-order valence-corrected chi connectivity index (χ0v) is 35.7. The third-order valence-corrected chi connectivity index (χ3v) is 10.1. The van der Waals surface area contributed by atoms with E-state index in [2.05, 4.69) is 25.9 Å². The summed E-state index contributed by atoms with van der Waals surface area (Å²) in [5.41, 5.74) is 3.74. The van der Waals surface area contributed by atoms with Gasteiger partial charge in [0.1, 0.15) is 29.7 Å². The summed E-state index contributed by atoms with van der Waals surface area (Å²) in [6.45, 7) is 10.4. The summed E-state index contributed by atoms with van der Waals surface area (Å²) in [7, 11) is 0.916. The number of fused-ring (bicyclic) bond motifs is 1. The number of carbonyl (C=O) groups excluding carboxylic acids is 1. The number of nitrogens with zero attached hydrogens (tertiary/aromatic N) is 4. The Morgan fingerprint density at radius 2 is 1.55 bits per heavy atom.